The summed E-state index contributed by atoms with van der Waals surface area (Å²) in [6.07, 6.45) is 0. The Hall–Kier alpha value is -1.48. The van der Waals surface area contributed by atoms with Crippen molar-refractivity contribution < 1.29 is 0 Å². The van der Waals surface area contributed by atoms with Gasteiger partial charge < -0.3 is 5.32 Å². The number of halogens is 1. The van der Waals surface area contributed by atoms with Crippen molar-refractivity contribution in [2.75, 3.05) is 5.32 Å². The van der Waals surface area contributed by atoms with Crippen LogP contribution < -0.4 is 5.32 Å². The Morgan fingerprint density at radius 3 is 2.76 bits per heavy atom. The fraction of sp³-hybridized carbons (Fsp3) is 0.308. The number of hydrogen-bond donors (Lipinski definition) is 1. The van der Waals surface area contributed by atoms with Gasteiger partial charge in [-0.25, -0.2) is 0 Å². The molecule has 17 heavy (non-hydrogen) atoms. The van der Waals surface area contributed by atoms with E-state index in [0.29, 0.717) is 0 Å². The standard InChI is InChI=1S/C13H16ClN3/c1-9-7-11(17(3)16-9)8-15-13-6-4-5-12(14)10(13)2/h4-7,15H,8H2,1-3H3. The molecule has 4 heteroatoms. The summed E-state index contributed by atoms with van der Waals surface area (Å²) >= 11 is 6.07. The molecular weight excluding hydrogens is 234 g/mol. The molecule has 0 aliphatic rings. The minimum absolute atomic E-state index is 0.749. The van der Waals surface area contributed by atoms with Gasteiger partial charge in [-0.3, -0.25) is 4.68 Å². The van der Waals surface area contributed by atoms with E-state index in [0.717, 1.165) is 34.2 Å². The first-order valence-corrected chi connectivity index (χ1v) is 5.94. The Bertz CT molecular complexity index is 531. The van der Waals surface area contributed by atoms with Crippen molar-refractivity contribution in [2.45, 2.75) is 20.4 Å². The monoisotopic (exact) mass is 249 g/mol. The number of nitrogens with one attached hydrogen (secondary N) is 1. The molecule has 3 nitrogen and oxygen atoms in total. The van der Waals surface area contributed by atoms with Crippen LogP contribution in [0.25, 0.3) is 0 Å². The van der Waals surface area contributed by atoms with Crippen LogP contribution in [0.1, 0.15) is 17.0 Å². The molecule has 0 fully saturated rings. The van der Waals surface area contributed by atoms with E-state index in [1.807, 2.05) is 43.8 Å². The van der Waals surface area contributed by atoms with Crippen LogP contribution in [0.2, 0.25) is 5.02 Å². The van der Waals surface area contributed by atoms with E-state index >= 15 is 0 Å². The molecule has 0 atom stereocenters. The Morgan fingerprint density at radius 2 is 2.12 bits per heavy atom. The molecule has 1 aromatic carbocycles. The zero-order valence-electron chi connectivity index (χ0n) is 10.3. The topological polar surface area (TPSA) is 29.9 Å². The van der Waals surface area contributed by atoms with Crippen LogP contribution in [-0.4, -0.2) is 9.78 Å². The second-order valence-electron chi connectivity index (χ2n) is 4.17. The maximum atomic E-state index is 6.07. The first kappa shape index (κ1) is 12.0. The number of benzene rings is 1. The van der Waals surface area contributed by atoms with E-state index in [4.69, 9.17) is 11.6 Å². The number of anilines is 1. The van der Waals surface area contributed by atoms with Crippen LogP contribution in [0.3, 0.4) is 0 Å². The van der Waals surface area contributed by atoms with E-state index < -0.39 is 0 Å². The van der Waals surface area contributed by atoms with Gasteiger partial charge in [0.25, 0.3) is 0 Å². The van der Waals surface area contributed by atoms with Gasteiger partial charge in [-0.1, -0.05) is 17.7 Å². The molecule has 0 saturated heterocycles. The molecule has 90 valence electrons. The third-order valence-electron chi connectivity index (χ3n) is 2.83. The lowest BCUT2D eigenvalue weighted by Crippen LogP contribution is -2.06. The van der Waals surface area contributed by atoms with Crippen LogP contribution in [0.5, 0.6) is 0 Å². The van der Waals surface area contributed by atoms with Gasteiger partial charge in [-0.05, 0) is 37.6 Å². The second kappa shape index (κ2) is 4.80. The van der Waals surface area contributed by atoms with Gasteiger partial charge in [-0.2, -0.15) is 5.10 Å². The van der Waals surface area contributed by atoms with Gasteiger partial charge in [0.05, 0.1) is 17.9 Å². The smallest absolute Gasteiger partial charge is 0.0597 e. The normalized spacial score (nSPS) is 10.6. The maximum Gasteiger partial charge on any atom is 0.0597 e. The molecule has 0 aliphatic heterocycles. The molecule has 1 heterocycles. The summed E-state index contributed by atoms with van der Waals surface area (Å²) in [6, 6.07) is 7.96. The molecule has 0 spiro atoms. The highest BCUT2D eigenvalue weighted by molar-refractivity contribution is 6.31. The Labute approximate surface area is 106 Å². The second-order valence-corrected chi connectivity index (χ2v) is 4.57. The molecule has 0 bridgehead atoms. The Morgan fingerprint density at radius 1 is 1.35 bits per heavy atom. The lowest BCUT2D eigenvalue weighted by Gasteiger charge is -2.10. The molecule has 0 unspecified atom stereocenters. The Kier molecular flexibility index (Phi) is 3.38. The van der Waals surface area contributed by atoms with E-state index in [2.05, 4.69) is 16.5 Å². The van der Waals surface area contributed by atoms with E-state index in [1.54, 1.807) is 0 Å². The molecule has 0 radical (unpaired) electrons. The fourth-order valence-corrected chi connectivity index (χ4v) is 1.99. The number of rotatable bonds is 3. The summed E-state index contributed by atoms with van der Waals surface area (Å²) < 4.78 is 1.89. The number of aryl methyl sites for hydroxylation is 2. The third-order valence-corrected chi connectivity index (χ3v) is 3.24. The highest BCUT2D eigenvalue weighted by atomic mass is 35.5. The fourth-order valence-electron chi connectivity index (χ4n) is 1.81. The van der Waals surface area contributed by atoms with Crippen LogP contribution in [0.15, 0.2) is 24.3 Å². The molecule has 1 N–H and O–H groups in total. The van der Waals surface area contributed by atoms with E-state index in [-0.39, 0.29) is 0 Å². The molecule has 0 amide bonds. The van der Waals surface area contributed by atoms with Crippen molar-refractivity contribution in [2.24, 2.45) is 7.05 Å². The zero-order chi connectivity index (χ0) is 12.4. The third kappa shape index (κ3) is 2.61. The average molecular weight is 250 g/mol. The summed E-state index contributed by atoms with van der Waals surface area (Å²) in [6.45, 7) is 4.76. The summed E-state index contributed by atoms with van der Waals surface area (Å²) in [5.74, 6) is 0. The zero-order valence-corrected chi connectivity index (χ0v) is 11.0. The summed E-state index contributed by atoms with van der Waals surface area (Å²) in [5.41, 5.74) is 4.33. The predicted molar refractivity (Wildman–Crippen MR) is 71.5 cm³/mol. The van der Waals surface area contributed by atoms with Crippen LogP contribution in [0, 0.1) is 13.8 Å². The minimum Gasteiger partial charge on any atom is -0.379 e. The van der Waals surface area contributed by atoms with Crippen molar-refractivity contribution in [3.8, 4) is 0 Å². The first-order valence-electron chi connectivity index (χ1n) is 5.56. The predicted octanol–water partition coefficient (Wildman–Crippen LogP) is 3.30. The highest BCUT2D eigenvalue weighted by Crippen LogP contribution is 2.23. The SMILES string of the molecule is Cc1cc(CNc2cccc(Cl)c2C)n(C)n1. The first-order chi connectivity index (χ1) is 8.08. The van der Waals surface area contributed by atoms with Crippen LogP contribution in [-0.2, 0) is 13.6 Å². The molecule has 0 saturated carbocycles. The van der Waals surface area contributed by atoms with Crippen molar-refractivity contribution in [3.05, 3.63) is 46.2 Å². The van der Waals surface area contributed by atoms with Crippen molar-refractivity contribution in [3.63, 3.8) is 0 Å². The molecular formula is C13H16ClN3. The molecule has 1 aromatic heterocycles. The van der Waals surface area contributed by atoms with Crippen molar-refractivity contribution in [1.82, 2.24) is 9.78 Å². The number of aromatic nitrogens is 2. The lowest BCUT2D eigenvalue weighted by atomic mass is 10.2. The van der Waals surface area contributed by atoms with Crippen LogP contribution in [0.4, 0.5) is 5.69 Å². The summed E-state index contributed by atoms with van der Waals surface area (Å²) in [5, 5.41) is 8.48. The van der Waals surface area contributed by atoms with Gasteiger partial charge in [0, 0.05) is 17.8 Å². The largest absolute Gasteiger partial charge is 0.379 e. The maximum absolute atomic E-state index is 6.07. The van der Waals surface area contributed by atoms with E-state index in [1.165, 1.54) is 0 Å². The minimum atomic E-state index is 0.749. The van der Waals surface area contributed by atoms with Crippen molar-refractivity contribution in [1.29, 1.82) is 0 Å². The van der Waals surface area contributed by atoms with Gasteiger partial charge in [0.1, 0.15) is 0 Å². The van der Waals surface area contributed by atoms with Crippen molar-refractivity contribution >= 4 is 17.3 Å². The molecule has 2 rings (SSSR count). The van der Waals surface area contributed by atoms with Gasteiger partial charge in [0.2, 0.25) is 0 Å². The van der Waals surface area contributed by atoms with Gasteiger partial charge >= 0.3 is 0 Å². The molecule has 2 aromatic rings. The summed E-state index contributed by atoms with van der Waals surface area (Å²) in [4.78, 5) is 0. The number of hydrogen-bond acceptors (Lipinski definition) is 2. The van der Waals surface area contributed by atoms with Gasteiger partial charge in [-0.15, -0.1) is 0 Å². The van der Waals surface area contributed by atoms with Gasteiger partial charge in [0.15, 0.2) is 0 Å². The molecule has 0 aliphatic carbocycles. The Balaban J connectivity index is 2.12. The van der Waals surface area contributed by atoms with Crippen LogP contribution >= 0.6 is 11.6 Å². The number of nitrogens with zero attached hydrogens (tertiary/aromatic N) is 2. The quantitative estimate of drug-likeness (QED) is 0.905. The lowest BCUT2D eigenvalue weighted by molar-refractivity contribution is 0.713. The van der Waals surface area contributed by atoms with E-state index in [9.17, 15) is 0 Å². The highest BCUT2D eigenvalue weighted by Gasteiger charge is 2.04. The summed E-state index contributed by atoms with van der Waals surface area (Å²) in [7, 11) is 1.95. The average Bonchev–Trinajstić information content (AvgIpc) is 2.60.